The van der Waals surface area contributed by atoms with Crippen molar-refractivity contribution in [2.45, 2.75) is 20.4 Å². The zero-order chi connectivity index (χ0) is 22.7. The summed E-state index contributed by atoms with van der Waals surface area (Å²) in [6.07, 6.45) is 0. The van der Waals surface area contributed by atoms with Crippen molar-refractivity contribution < 1.29 is 14.3 Å². The number of nitrogens with zero attached hydrogens (tertiary/aromatic N) is 4. The third kappa shape index (κ3) is 4.87. The number of hydrazine groups is 1. The van der Waals surface area contributed by atoms with Crippen LogP contribution >= 0.6 is 23.6 Å². The standard InChI is InChI=1S/C20H23N7O3S2/c1-12-4-3-5-14(10-12)17-23-25-19(31)27(17)11-15(28)22-24-18(29)16-13(2)21-20(32-16)26-6-8-30-9-7-26/h3-5,10H,6-9,11H2,1-2H3,(H,22,28)(H,24,29)(H,25,31). The zero-order valence-electron chi connectivity index (χ0n) is 17.7. The monoisotopic (exact) mass is 473 g/mol. The molecule has 4 rings (SSSR count). The van der Waals surface area contributed by atoms with Gasteiger partial charge in [0.25, 0.3) is 11.8 Å². The van der Waals surface area contributed by atoms with Crippen molar-refractivity contribution in [2.75, 3.05) is 31.2 Å². The molecule has 2 amide bonds. The molecule has 0 bridgehead atoms. The summed E-state index contributed by atoms with van der Waals surface area (Å²) >= 11 is 6.57. The van der Waals surface area contributed by atoms with E-state index >= 15 is 0 Å². The normalized spacial score (nSPS) is 13.8. The number of rotatable bonds is 5. The Kier molecular flexibility index (Phi) is 6.63. The number of morpholine rings is 1. The van der Waals surface area contributed by atoms with Crippen molar-refractivity contribution in [3.05, 3.63) is 45.2 Å². The lowest BCUT2D eigenvalue weighted by Crippen LogP contribution is -2.43. The van der Waals surface area contributed by atoms with E-state index in [1.165, 1.54) is 11.3 Å². The molecule has 12 heteroatoms. The number of amides is 2. The molecule has 1 aliphatic rings. The fraction of sp³-hybridized carbons (Fsp3) is 0.350. The first-order valence-corrected chi connectivity index (χ1v) is 11.3. The second kappa shape index (κ2) is 9.59. The van der Waals surface area contributed by atoms with Crippen LogP contribution in [0.1, 0.15) is 20.9 Å². The van der Waals surface area contributed by atoms with Gasteiger partial charge in [-0.2, -0.15) is 5.10 Å². The maximum absolute atomic E-state index is 12.6. The Morgan fingerprint density at radius 3 is 2.78 bits per heavy atom. The number of aryl methyl sites for hydroxylation is 2. The lowest BCUT2D eigenvalue weighted by molar-refractivity contribution is -0.122. The zero-order valence-corrected chi connectivity index (χ0v) is 19.3. The molecule has 168 valence electrons. The summed E-state index contributed by atoms with van der Waals surface area (Å²) in [5, 5.41) is 7.73. The fourth-order valence-corrected chi connectivity index (χ4v) is 4.53. The van der Waals surface area contributed by atoms with E-state index in [1.807, 2.05) is 31.2 Å². The van der Waals surface area contributed by atoms with Crippen LogP contribution in [-0.2, 0) is 16.1 Å². The second-order valence-corrected chi connectivity index (χ2v) is 8.68. The van der Waals surface area contributed by atoms with Crippen LogP contribution in [0, 0.1) is 18.6 Å². The first kappa shape index (κ1) is 22.1. The molecule has 3 N–H and O–H groups in total. The van der Waals surface area contributed by atoms with Crippen LogP contribution in [0.15, 0.2) is 24.3 Å². The van der Waals surface area contributed by atoms with Gasteiger partial charge in [-0.15, -0.1) is 0 Å². The highest BCUT2D eigenvalue weighted by molar-refractivity contribution is 7.71. The van der Waals surface area contributed by atoms with Gasteiger partial charge in [-0.25, -0.2) is 4.98 Å². The summed E-state index contributed by atoms with van der Waals surface area (Å²) in [5.41, 5.74) is 7.43. The Morgan fingerprint density at radius 2 is 2.03 bits per heavy atom. The molecule has 3 heterocycles. The van der Waals surface area contributed by atoms with Crippen molar-refractivity contribution in [3.63, 3.8) is 0 Å². The minimum absolute atomic E-state index is 0.0976. The highest BCUT2D eigenvalue weighted by Gasteiger charge is 2.21. The van der Waals surface area contributed by atoms with Gasteiger partial charge in [0.2, 0.25) is 0 Å². The average Bonchev–Trinajstić information content (AvgIpc) is 3.35. The van der Waals surface area contributed by atoms with Gasteiger partial charge in [-0.05, 0) is 32.1 Å². The third-order valence-electron chi connectivity index (χ3n) is 4.92. The molecule has 32 heavy (non-hydrogen) atoms. The third-order valence-corrected chi connectivity index (χ3v) is 6.45. The minimum atomic E-state index is -0.430. The number of H-pyrrole nitrogens is 1. The first-order valence-electron chi connectivity index (χ1n) is 10.0. The largest absolute Gasteiger partial charge is 0.378 e. The minimum Gasteiger partial charge on any atom is -0.378 e. The number of benzene rings is 1. The van der Waals surface area contributed by atoms with Crippen molar-refractivity contribution >= 4 is 40.5 Å². The molecule has 0 aliphatic carbocycles. The molecule has 1 aliphatic heterocycles. The van der Waals surface area contributed by atoms with Gasteiger partial charge >= 0.3 is 0 Å². The van der Waals surface area contributed by atoms with E-state index in [-0.39, 0.29) is 6.54 Å². The number of aromatic nitrogens is 4. The smallest absolute Gasteiger partial charge is 0.281 e. The second-order valence-electron chi connectivity index (χ2n) is 7.32. The Balaban J connectivity index is 1.40. The maximum atomic E-state index is 12.6. The maximum Gasteiger partial charge on any atom is 0.281 e. The lowest BCUT2D eigenvalue weighted by atomic mass is 10.1. The number of nitrogens with one attached hydrogen (secondary N) is 3. The van der Waals surface area contributed by atoms with E-state index in [2.05, 4.69) is 30.9 Å². The van der Waals surface area contributed by atoms with Gasteiger partial charge in [-0.3, -0.25) is 30.1 Å². The summed E-state index contributed by atoms with van der Waals surface area (Å²) in [6, 6.07) is 7.74. The number of anilines is 1. The van der Waals surface area contributed by atoms with Crippen LogP contribution in [0.4, 0.5) is 5.13 Å². The van der Waals surface area contributed by atoms with Crippen LogP contribution in [0.3, 0.4) is 0 Å². The summed E-state index contributed by atoms with van der Waals surface area (Å²) in [6.45, 7) is 6.40. The lowest BCUT2D eigenvalue weighted by Gasteiger charge is -2.25. The Bertz CT molecular complexity index is 1190. The SMILES string of the molecule is Cc1cccc(-c2n[nH]c(=S)n2CC(=O)NNC(=O)c2sc(N3CCOCC3)nc2C)c1. The number of hydrogen-bond donors (Lipinski definition) is 3. The highest BCUT2D eigenvalue weighted by atomic mass is 32.1. The van der Waals surface area contributed by atoms with E-state index in [0.29, 0.717) is 34.4 Å². The molecule has 0 atom stereocenters. The molecular weight excluding hydrogens is 450 g/mol. The highest BCUT2D eigenvalue weighted by Crippen LogP contribution is 2.26. The molecular formula is C20H23N7O3S2. The number of carbonyl (C=O) groups is 2. The molecule has 0 unspecified atom stereocenters. The quantitative estimate of drug-likeness (QED) is 0.383. The molecule has 0 saturated carbocycles. The number of ether oxygens (including phenoxy) is 1. The van der Waals surface area contributed by atoms with Gasteiger partial charge in [0.1, 0.15) is 11.4 Å². The van der Waals surface area contributed by atoms with Crippen molar-refractivity contribution in [1.82, 2.24) is 30.6 Å². The molecule has 10 nitrogen and oxygen atoms in total. The molecule has 3 aromatic rings. The van der Waals surface area contributed by atoms with E-state index in [9.17, 15) is 9.59 Å². The average molecular weight is 474 g/mol. The van der Waals surface area contributed by atoms with Crippen molar-refractivity contribution in [2.24, 2.45) is 0 Å². The summed E-state index contributed by atoms with van der Waals surface area (Å²) in [4.78, 5) is 32.2. The van der Waals surface area contributed by atoms with Crippen LogP contribution in [0.5, 0.6) is 0 Å². The fourth-order valence-electron chi connectivity index (χ4n) is 3.32. The number of carbonyl (C=O) groups excluding carboxylic acids is 2. The van der Waals surface area contributed by atoms with E-state index in [0.717, 1.165) is 29.3 Å². The van der Waals surface area contributed by atoms with E-state index in [4.69, 9.17) is 17.0 Å². The van der Waals surface area contributed by atoms with Crippen molar-refractivity contribution in [3.8, 4) is 11.4 Å². The predicted octanol–water partition coefficient (Wildman–Crippen LogP) is 1.98. The molecule has 1 fully saturated rings. The topological polar surface area (TPSA) is 117 Å². The summed E-state index contributed by atoms with van der Waals surface area (Å²) < 4.78 is 7.26. The van der Waals surface area contributed by atoms with Gasteiger partial charge in [0, 0.05) is 18.7 Å². The van der Waals surface area contributed by atoms with Gasteiger partial charge < -0.3 is 9.64 Å². The van der Waals surface area contributed by atoms with Gasteiger partial charge in [0.05, 0.1) is 18.9 Å². The van der Waals surface area contributed by atoms with Gasteiger partial charge in [-0.1, -0.05) is 35.1 Å². The Morgan fingerprint density at radius 1 is 1.25 bits per heavy atom. The number of thiazole rings is 1. The number of aromatic amines is 1. The van der Waals surface area contributed by atoms with Gasteiger partial charge in [0.15, 0.2) is 15.7 Å². The molecule has 0 radical (unpaired) electrons. The summed E-state index contributed by atoms with van der Waals surface area (Å²) in [5.74, 6) is -0.295. The molecule has 1 saturated heterocycles. The van der Waals surface area contributed by atoms with Crippen LogP contribution < -0.4 is 15.8 Å². The van der Waals surface area contributed by atoms with Crippen LogP contribution in [-0.4, -0.2) is 57.9 Å². The first-order chi connectivity index (χ1) is 15.4. The van der Waals surface area contributed by atoms with E-state index in [1.54, 1.807) is 11.5 Å². The van der Waals surface area contributed by atoms with Crippen LogP contribution in [0.2, 0.25) is 0 Å². The molecule has 2 aromatic heterocycles. The molecule has 0 spiro atoms. The number of hydrogen-bond acceptors (Lipinski definition) is 8. The van der Waals surface area contributed by atoms with Crippen molar-refractivity contribution in [1.29, 1.82) is 0 Å². The van der Waals surface area contributed by atoms with E-state index < -0.39 is 11.8 Å². The Labute approximate surface area is 193 Å². The molecule has 1 aromatic carbocycles. The van der Waals surface area contributed by atoms with Crippen LogP contribution in [0.25, 0.3) is 11.4 Å². The Hall–Kier alpha value is -3.09. The predicted molar refractivity (Wildman–Crippen MR) is 123 cm³/mol. The summed E-state index contributed by atoms with van der Waals surface area (Å²) in [7, 11) is 0.